The molecule has 0 atom stereocenters. The van der Waals surface area contributed by atoms with Crippen molar-refractivity contribution >= 4 is 27.2 Å². The summed E-state index contributed by atoms with van der Waals surface area (Å²) in [4.78, 5) is 13.1. The van der Waals surface area contributed by atoms with Gasteiger partial charge in [0, 0.05) is 31.0 Å². The minimum atomic E-state index is -5.64. The predicted molar refractivity (Wildman–Crippen MR) is 110 cm³/mol. The average Bonchev–Trinajstić information content (AvgIpc) is 2.75. The molecule has 1 aliphatic rings. The molecule has 0 bridgehead atoms. The SMILES string of the molecule is N#Cc1ccc(NC(=O)Nc2ccc(CN3CCOCC3)c(S(=O)(=O)C(F)(F)F)c2)cc1. The minimum absolute atomic E-state index is 0.00821. The summed E-state index contributed by atoms with van der Waals surface area (Å²) in [7, 11) is -5.64. The van der Waals surface area contributed by atoms with Gasteiger partial charge in [0.15, 0.2) is 0 Å². The van der Waals surface area contributed by atoms with Crippen LogP contribution < -0.4 is 10.6 Å². The second-order valence-corrected chi connectivity index (χ2v) is 8.84. The predicted octanol–water partition coefficient (Wildman–Crippen LogP) is 3.33. The van der Waals surface area contributed by atoms with Crippen molar-refractivity contribution in [3.05, 3.63) is 53.6 Å². The molecule has 12 heteroatoms. The highest BCUT2D eigenvalue weighted by molar-refractivity contribution is 7.92. The largest absolute Gasteiger partial charge is 0.501 e. The molecule has 8 nitrogen and oxygen atoms in total. The van der Waals surface area contributed by atoms with Crippen LogP contribution in [0.25, 0.3) is 0 Å². The lowest BCUT2D eigenvalue weighted by atomic mass is 10.2. The maximum atomic E-state index is 13.3. The van der Waals surface area contributed by atoms with Gasteiger partial charge >= 0.3 is 11.5 Å². The fraction of sp³-hybridized carbons (Fsp3) is 0.300. The minimum Gasteiger partial charge on any atom is -0.379 e. The normalized spacial score (nSPS) is 15.1. The lowest BCUT2D eigenvalue weighted by Crippen LogP contribution is -2.36. The summed E-state index contributed by atoms with van der Waals surface area (Å²) in [6, 6.07) is 10.4. The Balaban J connectivity index is 1.84. The third-order valence-corrected chi connectivity index (χ3v) is 6.26. The Hall–Kier alpha value is -3.14. The van der Waals surface area contributed by atoms with Gasteiger partial charge in [-0.25, -0.2) is 13.2 Å². The van der Waals surface area contributed by atoms with Gasteiger partial charge in [-0.2, -0.15) is 18.4 Å². The number of halogens is 3. The van der Waals surface area contributed by atoms with Gasteiger partial charge in [-0.15, -0.1) is 0 Å². The van der Waals surface area contributed by atoms with Crippen LogP contribution in [0.2, 0.25) is 0 Å². The van der Waals surface area contributed by atoms with Crippen LogP contribution in [-0.2, 0) is 21.1 Å². The molecule has 0 spiro atoms. The zero-order chi connectivity index (χ0) is 23.4. The van der Waals surface area contributed by atoms with Crippen LogP contribution in [0, 0.1) is 11.3 Å². The fourth-order valence-electron chi connectivity index (χ4n) is 3.06. The highest BCUT2D eigenvalue weighted by Gasteiger charge is 2.48. The number of alkyl halides is 3. The molecule has 0 aliphatic carbocycles. The van der Waals surface area contributed by atoms with E-state index in [4.69, 9.17) is 10.00 Å². The van der Waals surface area contributed by atoms with E-state index in [0.29, 0.717) is 37.6 Å². The van der Waals surface area contributed by atoms with Gasteiger partial charge in [0.1, 0.15) is 0 Å². The summed E-state index contributed by atoms with van der Waals surface area (Å²) in [6.07, 6.45) is 0. The summed E-state index contributed by atoms with van der Waals surface area (Å²) in [5, 5.41) is 13.6. The molecule has 2 amide bonds. The Bertz CT molecular complexity index is 1120. The van der Waals surface area contributed by atoms with Gasteiger partial charge in [0.25, 0.3) is 9.84 Å². The topological polar surface area (TPSA) is 112 Å². The second-order valence-electron chi connectivity index (χ2n) is 6.93. The van der Waals surface area contributed by atoms with E-state index >= 15 is 0 Å². The number of nitriles is 1. The number of ether oxygens (including phenoxy) is 1. The first-order valence-corrected chi connectivity index (χ1v) is 10.9. The molecule has 0 unspecified atom stereocenters. The van der Waals surface area contributed by atoms with E-state index in [-0.39, 0.29) is 17.8 Å². The van der Waals surface area contributed by atoms with Gasteiger partial charge in [-0.1, -0.05) is 6.07 Å². The number of sulfone groups is 1. The zero-order valence-corrected chi connectivity index (χ0v) is 17.5. The number of benzene rings is 2. The van der Waals surface area contributed by atoms with Crippen molar-refractivity contribution in [2.75, 3.05) is 36.9 Å². The Morgan fingerprint density at radius 3 is 2.25 bits per heavy atom. The average molecular weight is 468 g/mol. The van der Waals surface area contributed by atoms with Gasteiger partial charge in [-0.05, 0) is 42.0 Å². The van der Waals surface area contributed by atoms with Crippen LogP contribution in [0.1, 0.15) is 11.1 Å². The number of carbonyl (C=O) groups excluding carboxylic acids is 1. The first-order valence-electron chi connectivity index (χ1n) is 9.43. The molecular weight excluding hydrogens is 449 g/mol. The second kappa shape index (κ2) is 9.56. The molecule has 1 saturated heterocycles. The van der Waals surface area contributed by atoms with E-state index in [1.165, 1.54) is 36.4 Å². The first kappa shape index (κ1) is 23.5. The van der Waals surface area contributed by atoms with Gasteiger partial charge in [-0.3, -0.25) is 4.90 Å². The first-order chi connectivity index (χ1) is 15.1. The highest BCUT2D eigenvalue weighted by atomic mass is 32.2. The Labute approximate surface area is 182 Å². The number of morpholine rings is 1. The van der Waals surface area contributed by atoms with Crippen molar-refractivity contribution < 1.29 is 31.1 Å². The van der Waals surface area contributed by atoms with E-state index in [9.17, 15) is 26.4 Å². The van der Waals surface area contributed by atoms with Crippen molar-refractivity contribution in [1.82, 2.24) is 4.90 Å². The maximum Gasteiger partial charge on any atom is 0.501 e. The number of nitrogens with zero attached hydrogens (tertiary/aromatic N) is 2. The summed E-state index contributed by atoms with van der Waals surface area (Å²) in [6.45, 7) is 1.70. The van der Waals surface area contributed by atoms with Crippen molar-refractivity contribution in [2.45, 2.75) is 16.9 Å². The molecule has 0 radical (unpaired) electrons. The highest BCUT2D eigenvalue weighted by Crippen LogP contribution is 2.34. The van der Waals surface area contributed by atoms with E-state index in [1.54, 1.807) is 4.90 Å². The fourth-order valence-corrected chi connectivity index (χ4v) is 4.07. The standard InChI is InChI=1S/C20H19F3N4O4S/c21-20(22,23)32(29,30)18-11-17(6-3-15(18)13-27-7-9-31-10-8-27)26-19(28)25-16-4-1-14(12-24)2-5-16/h1-6,11H,7-10,13H2,(H2,25,26,28). The molecule has 32 heavy (non-hydrogen) atoms. The number of nitrogens with one attached hydrogen (secondary N) is 2. The Morgan fingerprint density at radius 1 is 1.06 bits per heavy atom. The number of amides is 2. The summed E-state index contributed by atoms with van der Waals surface area (Å²) >= 11 is 0. The number of anilines is 2. The van der Waals surface area contributed by atoms with E-state index in [0.717, 1.165) is 6.07 Å². The molecular formula is C20H19F3N4O4S. The van der Waals surface area contributed by atoms with Crippen LogP contribution in [0.4, 0.5) is 29.3 Å². The summed E-state index contributed by atoms with van der Waals surface area (Å²) in [5.41, 5.74) is -4.91. The van der Waals surface area contributed by atoms with Crippen LogP contribution in [0.5, 0.6) is 0 Å². The van der Waals surface area contributed by atoms with E-state index in [1.807, 2.05) is 6.07 Å². The molecule has 170 valence electrons. The summed E-state index contributed by atoms with van der Waals surface area (Å²) < 4.78 is 69.4. The van der Waals surface area contributed by atoms with Crippen molar-refractivity contribution in [2.24, 2.45) is 0 Å². The van der Waals surface area contributed by atoms with E-state index in [2.05, 4.69) is 10.6 Å². The lowest BCUT2D eigenvalue weighted by molar-refractivity contribution is -0.0437. The van der Waals surface area contributed by atoms with Crippen LogP contribution in [-0.4, -0.2) is 51.2 Å². The number of urea groups is 1. The Kier molecular flexibility index (Phi) is 7.02. The number of hydrogen-bond acceptors (Lipinski definition) is 6. The quantitative estimate of drug-likeness (QED) is 0.696. The molecule has 1 fully saturated rings. The van der Waals surface area contributed by atoms with Gasteiger partial charge in [0.2, 0.25) is 0 Å². The number of rotatable bonds is 5. The molecule has 3 rings (SSSR count). The van der Waals surface area contributed by atoms with E-state index < -0.39 is 26.3 Å². The third kappa shape index (κ3) is 5.56. The molecule has 0 saturated carbocycles. The molecule has 1 heterocycles. The molecule has 1 aliphatic heterocycles. The molecule has 2 aromatic carbocycles. The number of carbonyl (C=O) groups is 1. The van der Waals surface area contributed by atoms with Crippen molar-refractivity contribution in [3.8, 4) is 6.07 Å². The van der Waals surface area contributed by atoms with Crippen LogP contribution in [0.15, 0.2) is 47.4 Å². The van der Waals surface area contributed by atoms with Crippen molar-refractivity contribution in [1.29, 1.82) is 5.26 Å². The van der Waals surface area contributed by atoms with Gasteiger partial charge in [0.05, 0.1) is 29.7 Å². The lowest BCUT2D eigenvalue weighted by Gasteiger charge is -2.27. The molecule has 2 N–H and O–H groups in total. The number of hydrogen-bond donors (Lipinski definition) is 2. The maximum absolute atomic E-state index is 13.3. The molecule has 2 aromatic rings. The molecule has 0 aromatic heterocycles. The zero-order valence-electron chi connectivity index (χ0n) is 16.6. The van der Waals surface area contributed by atoms with Crippen LogP contribution in [0.3, 0.4) is 0 Å². The summed E-state index contributed by atoms with van der Waals surface area (Å²) in [5.74, 6) is 0. The monoisotopic (exact) mass is 468 g/mol. The smallest absolute Gasteiger partial charge is 0.379 e. The third-order valence-electron chi connectivity index (χ3n) is 4.69. The van der Waals surface area contributed by atoms with Gasteiger partial charge < -0.3 is 15.4 Å². The Morgan fingerprint density at radius 2 is 1.66 bits per heavy atom. The van der Waals surface area contributed by atoms with Crippen molar-refractivity contribution in [3.63, 3.8) is 0 Å². The van der Waals surface area contributed by atoms with Crippen LogP contribution >= 0.6 is 0 Å².